The smallest absolute Gasteiger partial charge is 0.250 e. The SMILES string of the molecule is Cc1c(Cl)ccc2c1NC(=O)[C@@]21[C@@H]2C(=O)N(c3ccc4c(c3)OCCO4)C(=O)[C@@H]2[C@@H]2CCCN21. The van der Waals surface area contributed by atoms with Crippen LogP contribution in [0.3, 0.4) is 0 Å². The Bertz CT molecular complexity index is 1310. The number of halogens is 1. The minimum Gasteiger partial charge on any atom is -0.486 e. The van der Waals surface area contributed by atoms with E-state index in [0.717, 1.165) is 24.0 Å². The molecule has 8 nitrogen and oxygen atoms in total. The first-order valence-corrected chi connectivity index (χ1v) is 12.0. The van der Waals surface area contributed by atoms with E-state index in [-0.39, 0.29) is 23.8 Å². The van der Waals surface area contributed by atoms with Crippen molar-refractivity contribution in [2.45, 2.75) is 31.3 Å². The lowest BCUT2D eigenvalue weighted by atomic mass is 9.75. The summed E-state index contributed by atoms with van der Waals surface area (Å²) in [5, 5.41) is 3.56. The number of carbonyl (C=O) groups excluding carboxylic acids is 3. The molecule has 7 rings (SSSR count). The first kappa shape index (κ1) is 20.3. The summed E-state index contributed by atoms with van der Waals surface area (Å²) in [4.78, 5) is 45.0. The summed E-state index contributed by atoms with van der Waals surface area (Å²) in [5.74, 6) is -1.16. The van der Waals surface area contributed by atoms with Crippen molar-refractivity contribution in [1.82, 2.24) is 4.90 Å². The van der Waals surface area contributed by atoms with Gasteiger partial charge in [0.05, 0.1) is 23.2 Å². The van der Waals surface area contributed by atoms with Crippen LogP contribution in [0.5, 0.6) is 11.5 Å². The molecule has 2 aromatic rings. The Morgan fingerprint density at radius 1 is 1.06 bits per heavy atom. The minimum absolute atomic E-state index is 0.170. The number of ether oxygens (including phenoxy) is 2. The zero-order chi connectivity index (χ0) is 23.4. The zero-order valence-electron chi connectivity index (χ0n) is 18.5. The van der Waals surface area contributed by atoms with Gasteiger partial charge in [-0.15, -0.1) is 0 Å². The molecule has 3 amide bonds. The second-order valence-corrected chi connectivity index (χ2v) is 9.97. The highest BCUT2D eigenvalue weighted by molar-refractivity contribution is 6.32. The fraction of sp³-hybridized carbons (Fsp3) is 0.400. The van der Waals surface area contributed by atoms with Crippen molar-refractivity contribution in [1.29, 1.82) is 0 Å². The van der Waals surface area contributed by atoms with Crippen LogP contribution < -0.4 is 19.7 Å². The summed E-state index contributed by atoms with van der Waals surface area (Å²) < 4.78 is 11.3. The molecule has 5 aliphatic heterocycles. The van der Waals surface area contributed by atoms with Gasteiger partial charge in [-0.05, 0) is 50.1 Å². The molecule has 0 unspecified atom stereocenters. The van der Waals surface area contributed by atoms with Gasteiger partial charge in [-0.1, -0.05) is 17.7 Å². The number of rotatable bonds is 1. The Kier molecular flexibility index (Phi) is 4.02. The van der Waals surface area contributed by atoms with E-state index in [9.17, 15) is 14.4 Å². The number of fused-ring (bicyclic) bond motifs is 8. The van der Waals surface area contributed by atoms with Gasteiger partial charge in [0.2, 0.25) is 17.7 Å². The third-order valence-electron chi connectivity index (χ3n) is 8.15. The molecular weight excluding hydrogens is 458 g/mol. The lowest BCUT2D eigenvalue weighted by Gasteiger charge is -2.36. The van der Waals surface area contributed by atoms with Gasteiger partial charge in [0.15, 0.2) is 11.5 Å². The molecule has 0 aromatic heterocycles. The van der Waals surface area contributed by atoms with Crippen LogP contribution in [0.1, 0.15) is 24.0 Å². The molecule has 34 heavy (non-hydrogen) atoms. The number of hydrogen-bond acceptors (Lipinski definition) is 6. The number of nitrogens with one attached hydrogen (secondary N) is 1. The number of carbonyl (C=O) groups is 3. The molecule has 0 radical (unpaired) electrons. The van der Waals surface area contributed by atoms with Crippen LogP contribution in [0.4, 0.5) is 11.4 Å². The Morgan fingerprint density at radius 2 is 1.85 bits per heavy atom. The predicted molar refractivity (Wildman–Crippen MR) is 123 cm³/mol. The Labute approximate surface area is 200 Å². The van der Waals surface area contributed by atoms with Gasteiger partial charge in [0, 0.05) is 22.7 Å². The fourth-order valence-electron chi connectivity index (χ4n) is 6.82. The number of amides is 3. The molecule has 2 aromatic carbocycles. The number of imide groups is 1. The molecular formula is C25H22ClN3O5. The van der Waals surface area contributed by atoms with Crippen molar-refractivity contribution in [3.63, 3.8) is 0 Å². The van der Waals surface area contributed by atoms with E-state index in [4.69, 9.17) is 21.1 Å². The van der Waals surface area contributed by atoms with Gasteiger partial charge >= 0.3 is 0 Å². The van der Waals surface area contributed by atoms with Gasteiger partial charge < -0.3 is 14.8 Å². The Hall–Kier alpha value is -3.10. The highest BCUT2D eigenvalue weighted by Gasteiger charge is 2.74. The van der Waals surface area contributed by atoms with Crippen molar-refractivity contribution in [3.8, 4) is 11.5 Å². The second-order valence-electron chi connectivity index (χ2n) is 9.56. The van der Waals surface area contributed by atoms with E-state index in [1.165, 1.54) is 4.90 Å². The summed E-state index contributed by atoms with van der Waals surface area (Å²) in [6.45, 7) is 3.38. The third-order valence-corrected chi connectivity index (χ3v) is 8.56. The summed E-state index contributed by atoms with van der Waals surface area (Å²) >= 11 is 6.35. The second kappa shape index (κ2) is 6.73. The highest BCUT2D eigenvalue weighted by Crippen LogP contribution is 2.61. The average molecular weight is 480 g/mol. The molecule has 174 valence electrons. The number of nitrogens with zero attached hydrogens (tertiary/aromatic N) is 2. The third kappa shape index (κ3) is 2.25. The highest BCUT2D eigenvalue weighted by atomic mass is 35.5. The van der Waals surface area contributed by atoms with E-state index in [0.29, 0.717) is 47.7 Å². The molecule has 4 atom stereocenters. The largest absolute Gasteiger partial charge is 0.486 e. The van der Waals surface area contributed by atoms with E-state index < -0.39 is 17.4 Å². The number of anilines is 2. The molecule has 3 fully saturated rings. The topological polar surface area (TPSA) is 88.2 Å². The first-order valence-electron chi connectivity index (χ1n) is 11.6. The summed E-state index contributed by atoms with van der Waals surface area (Å²) in [6.07, 6.45) is 1.64. The molecule has 0 saturated carbocycles. The molecule has 5 aliphatic rings. The molecule has 3 saturated heterocycles. The maximum atomic E-state index is 14.1. The van der Waals surface area contributed by atoms with Crippen molar-refractivity contribution >= 4 is 40.7 Å². The monoisotopic (exact) mass is 479 g/mol. The lowest BCUT2D eigenvalue weighted by Crippen LogP contribution is -2.54. The van der Waals surface area contributed by atoms with Crippen molar-refractivity contribution in [2.24, 2.45) is 11.8 Å². The van der Waals surface area contributed by atoms with Crippen LogP contribution in [0.2, 0.25) is 5.02 Å². The molecule has 5 heterocycles. The van der Waals surface area contributed by atoms with Crippen molar-refractivity contribution in [2.75, 3.05) is 30.0 Å². The van der Waals surface area contributed by atoms with E-state index in [1.807, 2.05) is 13.0 Å². The standard InChI is InChI=1S/C25H22ClN3O5/c1-12-15(26)6-5-14-21(12)27-24(32)25(14)20-19(16-3-2-8-28(16)25)22(30)29(23(20)31)13-4-7-17-18(11-13)34-10-9-33-17/h4-7,11,16,19-20H,2-3,8-10H2,1H3,(H,27,32)/t16-,19+,20-,25-/m0/s1. The van der Waals surface area contributed by atoms with Gasteiger partial charge in [-0.25, -0.2) is 4.90 Å². The molecule has 1 spiro atoms. The molecule has 9 heteroatoms. The maximum Gasteiger partial charge on any atom is 0.250 e. The zero-order valence-corrected chi connectivity index (χ0v) is 19.2. The van der Waals surface area contributed by atoms with Crippen LogP contribution in [-0.4, -0.2) is 48.4 Å². The lowest BCUT2D eigenvalue weighted by molar-refractivity contribution is -0.135. The van der Waals surface area contributed by atoms with E-state index in [1.54, 1.807) is 24.3 Å². The molecule has 0 bridgehead atoms. The van der Waals surface area contributed by atoms with Gasteiger partial charge in [0.25, 0.3) is 0 Å². The maximum absolute atomic E-state index is 14.1. The predicted octanol–water partition coefficient (Wildman–Crippen LogP) is 2.85. The Balaban J connectivity index is 1.39. The van der Waals surface area contributed by atoms with Crippen molar-refractivity contribution < 1.29 is 23.9 Å². The quantitative estimate of drug-likeness (QED) is 0.633. The summed E-state index contributed by atoms with van der Waals surface area (Å²) in [6, 6.07) is 8.55. The van der Waals surface area contributed by atoms with E-state index >= 15 is 0 Å². The van der Waals surface area contributed by atoms with Gasteiger partial charge in [0.1, 0.15) is 18.8 Å². The number of benzene rings is 2. The van der Waals surface area contributed by atoms with Crippen LogP contribution in [0.15, 0.2) is 30.3 Å². The Morgan fingerprint density at radius 3 is 2.68 bits per heavy atom. The first-order chi connectivity index (χ1) is 16.4. The average Bonchev–Trinajstić information content (AvgIpc) is 3.55. The summed E-state index contributed by atoms with van der Waals surface area (Å²) in [7, 11) is 0. The van der Waals surface area contributed by atoms with Crippen LogP contribution in [-0.2, 0) is 19.9 Å². The van der Waals surface area contributed by atoms with Gasteiger partial charge in [-0.2, -0.15) is 0 Å². The minimum atomic E-state index is -1.22. The fourth-order valence-corrected chi connectivity index (χ4v) is 6.97. The van der Waals surface area contributed by atoms with Crippen molar-refractivity contribution in [3.05, 3.63) is 46.5 Å². The summed E-state index contributed by atoms with van der Waals surface area (Å²) in [5.41, 5.74) is 1.39. The van der Waals surface area contributed by atoms with Crippen LogP contribution in [0, 0.1) is 18.8 Å². The number of hydrogen-bond donors (Lipinski definition) is 1. The van der Waals surface area contributed by atoms with Crippen LogP contribution >= 0.6 is 11.6 Å². The molecule has 0 aliphatic carbocycles. The molecule has 1 N–H and O–H groups in total. The van der Waals surface area contributed by atoms with Gasteiger partial charge in [-0.3, -0.25) is 19.3 Å². The normalized spacial score (nSPS) is 31.2. The van der Waals surface area contributed by atoms with Crippen LogP contribution in [0.25, 0.3) is 0 Å². The van der Waals surface area contributed by atoms with E-state index in [2.05, 4.69) is 10.2 Å².